The van der Waals surface area contributed by atoms with Crippen molar-refractivity contribution in [3.8, 4) is 0 Å². The molecule has 2 N–H and O–H groups in total. The first-order valence-electron chi connectivity index (χ1n) is 13.8. The van der Waals surface area contributed by atoms with E-state index >= 15 is 0 Å². The van der Waals surface area contributed by atoms with E-state index in [2.05, 4.69) is 90.4 Å². The summed E-state index contributed by atoms with van der Waals surface area (Å²) < 4.78 is 0. The minimum absolute atomic E-state index is 0.0381. The predicted octanol–water partition coefficient (Wildman–Crippen LogP) is 7.23. The van der Waals surface area contributed by atoms with Crippen LogP contribution in [0.15, 0.2) is 77.3 Å². The van der Waals surface area contributed by atoms with Crippen molar-refractivity contribution < 1.29 is 4.79 Å². The maximum Gasteiger partial charge on any atom is 0.254 e. The summed E-state index contributed by atoms with van der Waals surface area (Å²) in [6.45, 7) is 20.4. The molecule has 39 heavy (non-hydrogen) atoms. The number of piperidine rings is 1. The van der Waals surface area contributed by atoms with Crippen molar-refractivity contribution in [1.82, 2.24) is 14.8 Å². The van der Waals surface area contributed by atoms with E-state index in [9.17, 15) is 4.79 Å². The number of allylic oxidation sites excluding steroid dienone is 4. The van der Waals surface area contributed by atoms with Crippen LogP contribution in [0, 0.1) is 20.8 Å². The van der Waals surface area contributed by atoms with Gasteiger partial charge in [0.2, 0.25) is 0 Å². The molecule has 0 radical (unpaired) electrons. The van der Waals surface area contributed by atoms with E-state index in [1.54, 1.807) is 11.3 Å². The minimum atomic E-state index is 0.0381. The zero-order valence-electron chi connectivity index (χ0n) is 24.7. The summed E-state index contributed by atoms with van der Waals surface area (Å²) in [6, 6.07) is 8.45. The number of carbonyl (C=O) groups is 1. The van der Waals surface area contributed by atoms with Crippen LogP contribution >= 0.6 is 11.3 Å². The van der Waals surface area contributed by atoms with Crippen LogP contribution in [0.5, 0.6) is 0 Å². The van der Waals surface area contributed by atoms with Crippen LogP contribution in [0.2, 0.25) is 0 Å². The Kier molecular flexibility index (Phi) is 10.7. The average Bonchev–Trinajstić information content (AvgIpc) is 3.25. The molecule has 1 unspecified atom stereocenters. The Hall–Kier alpha value is -3.22. The normalized spacial score (nSPS) is 18.4. The van der Waals surface area contributed by atoms with Gasteiger partial charge in [-0.3, -0.25) is 4.79 Å². The smallest absolute Gasteiger partial charge is 0.254 e. The Balaban J connectivity index is 0.000000395. The lowest BCUT2D eigenvalue weighted by Crippen LogP contribution is -2.46. The van der Waals surface area contributed by atoms with Gasteiger partial charge in [0, 0.05) is 47.2 Å². The van der Waals surface area contributed by atoms with E-state index in [1.165, 1.54) is 37.9 Å². The summed E-state index contributed by atoms with van der Waals surface area (Å²) in [5, 5.41) is 1.18. The van der Waals surface area contributed by atoms with Crippen LogP contribution in [-0.4, -0.2) is 39.8 Å². The Morgan fingerprint density at radius 1 is 1.21 bits per heavy atom. The molecule has 4 rings (SSSR count). The predicted molar refractivity (Wildman–Crippen MR) is 166 cm³/mol. The number of hydrogen-bond donors (Lipinski definition) is 1. The molecule has 0 bridgehead atoms. The summed E-state index contributed by atoms with van der Waals surface area (Å²) in [7, 11) is 0. The summed E-state index contributed by atoms with van der Waals surface area (Å²) in [5.41, 5.74) is 14.7. The van der Waals surface area contributed by atoms with Gasteiger partial charge in [0.1, 0.15) is 0 Å². The standard InChI is InChI=1S/C26H33N3O.C7H11NS/c1-18-9-6-7-10-23(18)15-19(2)21(4)22(5)29-14-12-24(16-20(29)3)26(30)28-13-8-11-25(27)17-28;1-4-7-5(2)8-6(3)9-7/h6-7,9-10,12,14-16,25H,3,8,11,13,17,27H2,1-2,4-5H3;4H2,1-3H3/b19-15+,22-21+;. The third-order valence-corrected chi connectivity index (χ3v) is 8.62. The molecule has 2 aromatic rings. The lowest BCUT2D eigenvalue weighted by molar-refractivity contribution is -0.127. The van der Waals surface area contributed by atoms with Crippen molar-refractivity contribution in [2.75, 3.05) is 13.1 Å². The topological polar surface area (TPSA) is 62.5 Å². The Labute approximate surface area is 239 Å². The Morgan fingerprint density at radius 3 is 2.49 bits per heavy atom. The number of thiazole rings is 1. The molecule has 0 aliphatic carbocycles. The van der Waals surface area contributed by atoms with Crippen LogP contribution in [0.3, 0.4) is 0 Å². The fraction of sp³-hybridized carbons (Fsp3) is 0.394. The Bertz CT molecular complexity index is 1330. The first-order chi connectivity index (χ1) is 18.5. The van der Waals surface area contributed by atoms with Crippen LogP contribution in [0.1, 0.15) is 67.2 Å². The molecule has 1 amide bonds. The van der Waals surface area contributed by atoms with Crippen LogP contribution in [0.25, 0.3) is 6.08 Å². The second-order valence-electron chi connectivity index (χ2n) is 10.4. The molecule has 2 aliphatic heterocycles. The van der Waals surface area contributed by atoms with Gasteiger partial charge in [0.05, 0.1) is 10.7 Å². The number of nitrogens with zero attached hydrogens (tertiary/aromatic N) is 3. The lowest BCUT2D eigenvalue weighted by Gasteiger charge is -2.32. The lowest BCUT2D eigenvalue weighted by atomic mass is 10.0. The zero-order chi connectivity index (χ0) is 28.7. The molecule has 1 fully saturated rings. The highest BCUT2D eigenvalue weighted by molar-refractivity contribution is 7.11. The number of carbonyl (C=O) groups excluding carboxylic acids is 1. The van der Waals surface area contributed by atoms with Gasteiger partial charge >= 0.3 is 0 Å². The van der Waals surface area contributed by atoms with E-state index in [0.29, 0.717) is 12.1 Å². The fourth-order valence-corrected chi connectivity index (χ4v) is 5.72. The van der Waals surface area contributed by atoms with Crippen LogP contribution in [0.4, 0.5) is 0 Å². The molecule has 0 saturated carbocycles. The molecule has 5 nitrogen and oxygen atoms in total. The quantitative estimate of drug-likeness (QED) is 0.403. The van der Waals surface area contributed by atoms with Crippen LogP contribution in [-0.2, 0) is 11.2 Å². The number of benzene rings is 1. The highest BCUT2D eigenvalue weighted by atomic mass is 32.1. The van der Waals surface area contributed by atoms with Gasteiger partial charge in [-0.1, -0.05) is 43.8 Å². The maximum atomic E-state index is 12.9. The van der Waals surface area contributed by atoms with Crippen molar-refractivity contribution in [1.29, 1.82) is 0 Å². The summed E-state index contributed by atoms with van der Waals surface area (Å²) >= 11 is 1.80. The monoisotopic (exact) mass is 544 g/mol. The second kappa shape index (κ2) is 13.7. The number of aromatic nitrogens is 1. The van der Waals surface area contributed by atoms with Crippen molar-refractivity contribution in [3.63, 3.8) is 0 Å². The van der Waals surface area contributed by atoms with Gasteiger partial charge in [-0.25, -0.2) is 4.98 Å². The van der Waals surface area contributed by atoms with Gasteiger partial charge in [0.15, 0.2) is 0 Å². The minimum Gasteiger partial charge on any atom is -0.337 e. The highest BCUT2D eigenvalue weighted by Crippen LogP contribution is 2.27. The number of amides is 1. The number of aryl methyl sites for hydroxylation is 4. The average molecular weight is 545 g/mol. The SMILES string of the molecule is C=C1C=C(C(=O)N2CCCC(N)C2)C=CN1/C(C)=C(C)/C(C)=C/c1ccccc1C.CCc1sc(C)nc1C. The van der Waals surface area contributed by atoms with E-state index in [0.717, 1.165) is 37.2 Å². The van der Waals surface area contributed by atoms with Crippen molar-refractivity contribution in [2.45, 2.75) is 73.8 Å². The summed E-state index contributed by atoms with van der Waals surface area (Å²) in [5.74, 6) is 0.0381. The molecule has 2 aliphatic rings. The van der Waals surface area contributed by atoms with Gasteiger partial charge in [-0.15, -0.1) is 11.3 Å². The fourth-order valence-electron chi connectivity index (χ4n) is 4.84. The molecule has 1 aromatic heterocycles. The number of likely N-dealkylation sites (tertiary alicyclic amines) is 1. The summed E-state index contributed by atoms with van der Waals surface area (Å²) in [4.78, 5) is 22.5. The molecule has 208 valence electrons. The van der Waals surface area contributed by atoms with Gasteiger partial charge in [0.25, 0.3) is 5.91 Å². The van der Waals surface area contributed by atoms with E-state index in [4.69, 9.17) is 5.73 Å². The first-order valence-corrected chi connectivity index (χ1v) is 14.6. The van der Waals surface area contributed by atoms with E-state index < -0.39 is 0 Å². The van der Waals surface area contributed by atoms with Crippen molar-refractivity contribution in [3.05, 3.63) is 104 Å². The molecule has 0 spiro atoms. The Morgan fingerprint density at radius 2 is 1.92 bits per heavy atom. The zero-order valence-corrected chi connectivity index (χ0v) is 25.5. The third kappa shape index (κ3) is 7.90. The molecule has 1 aromatic carbocycles. The number of rotatable bonds is 5. The van der Waals surface area contributed by atoms with Crippen molar-refractivity contribution >= 4 is 23.3 Å². The van der Waals surface area contributed by atoms with Crippen LogP contribution < -0.4 is 5.73 Å². The molecule has 1 atom stereocenters. The van der Waals surface area contributed by atoms with Gasteiger partial charge < -0.3 is 15.5 Å². The molecule has 3 heterocycles. The van der Waals surface area contributed by atoms with E-state index in [1.807, 2.05) is 28.2 Å². The second-order valence-corrected chi connectivity index (χ2v) is 11.7. The molecular weight excluding hydrogens is 500 g/mol. The summed E-state index contributed by atoms with van der Waals surface area (Å²) in [6.07, 6.45) is 11.0. The molecule has 1 saturated heterocycles. The maximum absolute atomic E-state index is 12.9. The number of hydrogen-bond acceptors (Lipinski definition) is 5. The van der Waals surface area contributed by atoms with Crippen molar-refractivity contribution in [2.24, 2.45) is 5.73 Å². The van der Waals surface area contributed by atoms with E-state index in [-0.39, 0.29) is 11.9 Å². The molecule has 6 heteroatoms. The first kappa shape index (κ1) is 30.3. The third-order valence-electron chi connectivity index (χ3n) is 7.40. The largest absolute Gasteiger partial charge is 0.337 e. The number of nitrogens with two attached hydrogens (primary N) is 1. The van der Waals surface area contributed by atoms with Gasteiger partial charge in [-0.2, -0.15) is 0 Å². The van der Waals surface area contributed by atoms with Gasteiger partial charge in [-0.05, 0) is 95.2 Å². The highest BCUT2D eigenvalue weighted by Gasteiger charge is 2.25. The molecular formula is C33H44N4OS.